The molecule has 0 aliphatic carbocycles. The van der Waals surface area contributed by atoms with Gasteiger partial charge in [-0.3, -0.25) is 0 Å². The quantitative estimate of drug-likeness (QED) is 0.664. The summed E-state index contributed by atoms with van der Waals surface area (Å²) in [5, 5.41) is 9.58. The normalized spacial score (nSPS) is 16.3. The first kappa shape index (κ1) is 14.9. The number of rotatable bonds is 8. The van der Waals surface area contributed by atoms with Gasteiger partial charge in [0.1, 0.15) is 0 Å². The molecular formula is C10H23NO3S. The van der Waals surface area contributed by atoms with E-state index in [4.69, 9.17) is 0 Å². The van der Waals surface area contributed by atoms with E-state index >= 15 is 0 Å². The van der Waals surface area contributed by atoms with Crippen molar-refractivity contribution in [2.24, 2.45) is 5.92 Å². The molecule has 92 valence electrons. The zero-order valence-electron chi connectivity index (χ0n) is 9.86. The maximum atomic E-state index is 11.4. The van der Waals surface area contributed by atoms with Crippen LogP contribution in [0.1, 0.15) is 40.0 Å². The first-order chi connectivity index (χ1) is 6.93. The first-order valence-corrected chi connectivity index (χ1v) is 7.23. The molecule has 0 saturated heterocycles. The van der Waals surface area contributed by atoms with Crippen LogP contribution in [-0.4, -0.2) is 31.9 Å². The maximum absolute atomic E-state index is 11.4. The van der Waals surface area contributed by atoms with E-state index in [1.54, 1.807) is 0 Å². The Labute approximate surface area is 93.1 Å². The second kappa shape index (κ2) is 7.19. The lowest BCUT2D eigenvalue weighted by molar-refractivity contribution is 0.118. The van der Waals surface area contributed by atoms with E-state index in [0.717, 1.165) is 12.8 Å². The molecular weight excluding hydrogens is 214 g/mol. The zero-order valence-corrected chi connectivity index (χ0v) is 10.7. The van der Waals surface area contributed by atoms with Crippen LogP contribution in [0, 0.1) is 5.92 Å². The summed E-state index contributed by atoms with van der Waals surface area (Å²) in [7, 11) is -3.19. The summed E-state index contributed by atoms with van der Waals surface area (Å²) in [4.78, 5) is 0. The minimum absolute atomic E-state index is 0.124. The van der Waals surface area contributed by atoms with Crippen molar-refractivity contribution < 1.29 is 13.5 Å². The van der Waals surface area contributed by atoms with Crippen LogP contribution in [0.5, 0.6) is 0 Å². The van der Waals surface area contributed by atoms with E-state index in [0.29, 0.717) is 6.42 Å². The van der Waals surface area contributed by atoms with Crippen LogP contribution >= 0.6 is 0 Å². The third-order valence-electron chi connectivity index (χ3n) is 2.58. The van der Waals surface area contributed by atoms with Crippen molar-refractivity contribution in [3.05, 3.63) is 0 Å². The molecule has 0 rings (SSSR count). The highest BCUT2D eigenvalue weighted by Crippen LogP contribution is 2.06. The smallest absolute Gasteiger partial charge is 0.211 e. The molecule has 2 atom stereocenters. The molecule has 2 N–H and O–H groups in total. The van der Waals surface area contributed by atoms with Gasteiger partial charge in [-0.15, -0.1) is 0 Å². The summed E-state index contributed by atoms with van der Waals surface area (Å²) in [5.41, 5.74) is 0. The van der Waals surface area contributed by atoms with E-state index in [2.05, 4.69) is 4.72 Å². The van der Waals surface area contributed by atoms with Crippen LogP contribution < -0.4 is 4.72 Å². The Morgan fingerprint density at radius 1 is 1.33 bits per heavy atom. The molecule has 0 aliphatic heterocycles. The van der Waals surface area contributed by atoms with Gasteiger partial charge in [-0.2, -0.15) is 0 Å². The molecule has 0 aromatic heterocycles. The second-order valence-corrected chi connectivity index (χ2v) is 5.90. The Morgan fingerprint density at radius 3 is 2.40 bits per heavy atom. The lowest BCUT2D eigenvalue weighted by atomic mass is 10.0. The van der Waals surface area contributed by atoms with Gasteiger partial charge in [-0.1, -0.05) is 33.6 Å². The highest BCUT2D eigenvalue weighted by molar-refractivity contribution is 7.89. The minimum Gasteiger partial charge on any atom is -0.391 e. The van der Waals surface area contributed by atoms with Crippen LogP contribution in [0.3, 0.4) is 0 Å². The minimum atomic E-state index is -3.19. The fourth-order valence-corrected chi connectivity index (χ4v) is 2.33. The summed E-state index contributed by atoms with van der Waals surface area (Å²) in [6.07, 6.45) is 1.77. The van der Waals surface area contributed by atoms with Gasteiger partial charge in [0, 0.05) is 6.54 Å². The van der Waals surface area contributed by atoms with Crippen LogP contribution in [0.4, 0.5) is 0 Å². The average molecular weight is 237 g/mol. The summed E-state index contributed by atoms with van der Waals surface area (Å²) in [6.45, 7) is 5.95. The van der Waals surface area contributed by atoms with Crippen LogP contribution in [0.25, 0.3) is 0 Å². The van der Waals surface area contributed by atoms with Gasteiger partial charge in [-0.05, 0) is 12.3 Å². The van der Waals surface area contributed by atoms with E-state index in [9.17, 15) is 13.5 Å². The van der Waals surface area contributed by atoms with Crippen molar-refractivity contribution in [2.45, 2.75) is 46.1 Å². The number of hydrogen-bond donors (Lipinski definition) is 2. The highest BCUT2D eigenvalue weighted by atomic mass is 32.2. The molecule has 0 radical (unpaired) electrons. The van der Waals surface area contributed by atoms with Gasteiger partial charge in [0.05, 0.1) is 11.9 Å². The number of nitrogens with one attached hydrogen (secondary N) is 1. The largest absolute Gasteiger partial charge is 0.391 e. The fraction of sp³-hybridized carbons (Fsp3) is 1.00. The van der Waals surface area contributed by atoms with Gasteiger partial charge in [0.2, 0.25) is 10.0 Å². The van der Waals surface area contributed by atoms with Gasteiger partial charge in [0.25, 0.3) is 0 Å². The van der Waals surface area contributed by atoms with Gasteiger partial charge in [0.15, 0.2) is 0 Å². The maximum Gasteiger partial charge on any atom is 0.211 e. The number of aliphatic hydroxyl groups is 1. The Balaban J connectivity index is 3.93. The number of sulfonamides is 1. The van der Waals surface area contributed by atoms with E-state index < -0.39 is 16.1 Å². The van der Waals surface area contributed by atoms with E-state index in [1.807, 2.05) is 20.8 Å². The Kier molecular flexibility index (Phi) is 7.13. The molecule has 0 aromatic carbocycles. The molecule has 0 unspecified atom stereocenters. The standard InChI is InChI=1S/C10H23NO3S/c1-4-6-7-15(13,14)11-8-10(12)9(3)5-2/h9-12H,4-8H2,1-3H3/t9-,10+/m1/s1. The van der Waals surface area contributed by atoms with E-state index in [1.165, 1.54) is 0 Å². The monoisotopic (exact) mass is 237 g/mol. The third-order valence-corrected chi connectivity index (χ3v) is 4.01. The Morgan fingerprint density at radius 2 is 1.93 bits per heavy atom. The summed E-state index contributed by atoms with van der Waals surface area (Å²) < 4.78 is 25.2. The predicted molar refractivity (Wildman–Crippen MR) is 62.2 cm³/mol. The molecule has 0 aliphatic rings. The molecule has 0 fully saturated rings. The Bertz CT molecular complexity index is 251. The second-order valence-electron chi connectivity index (χ2n) is 3.97. The number of aliphatic hydroxyl groups excluding tert-OH is 1. The summed E-state index contributed by atoms with van der Waals surface area (Å²) in [5.74, 6) is 0.273. The van der Waals surface area contributed by atoms with Crippen LogP contribution in [0.2, 0.25) is 0 Å². The lowest BCUT2D eigenvalue weighted by Gasteiger charge is -2.17. The molecule has 0 amide bonds. The predicted octanol–water partition coefficient (Wildman–Crippen LogP) is 1.11. The van der Waals surface area contributed by atoms with E-state index in [-0.39, 0.29) is 18.2 Å². The fourth-order valence-electron chi connectivity index (χ4n) is 1.09. The molecule has 0 spiro atoms. The van der Waals surface area contributed by atoms with Crippen molar-refractivity contribution in [2.75, 3.05) is 12.3 Å². The third kappa shape index (κ3) is 6.87. The van der Waals surface area contributed by atoms with Gasteiger partial charge < -0.3 is 5.11 Å². The molecule has 0 heterocycles. The van der Waals surface area contributed by atoms with Crippen molar-refractivity contribution in [1.29, 1.82) is 0 Å². The summed E-state index contributed by atoms with van der Waals surface area (Å²) in [6, 6.07) is 0. The zero-order chi connectivity index (χ0) is 11.9. The SMILES string of the molecule is CCCCS(=O)(=O)NC[C@H](O)[C@H](C)CC. The Hall–Kier alpha value is -0.130. The number of unbranched alkanes of at least 4 members (excludes halogenated alkanes) is 1. The van der Waals surface area contributed by atoms with Crippen molar-refractivity contribution in [3.8, 4) is 0 Å². The van der Waals surface area contributed by atoms with Crippen molar-refractivity contribution >= 4 is 10.0 Å². The molecule has 0 bridgehead atoms. The van der Waals surface area contributed by atoms with Crippen molar-refractivity contribution in [3.63, 3.8) is 0 Å². The van der Waals surface area contributed by atoms with Gasteiger partial charge >= 0.3 is 0 Å². The van der Waals surface area contributed by atoms with Crippen molar-refractivity contribution in [1.82, 2.24) is 4.72 Å². The van der Waals surface area contributed by atoms with Crippen LogP contribution in [-0.2, 0) is 10.0 Å². The molecule has 5 heteroatoms. The average Bonchev–Trinajstić information content (AvgIpc) is 2.22. The molecule has 15 heavy (non-hydrogen) atoms. The van der Waals surface area contributed by atoms with Gasteiger partial charge in [-0.25, -0.2) is 13.1 Å². The molecule has 0 aromatic rings. The lowest BCUT2D eigenvalue weighted by Crippen LogP contribution is -2.36. The highest BCUT2D eigenvalue weighted by Gasteiger charge is 2.16. The first-order valence-electron chi connectivity index (χ1n) is 5.58. The summed E-state index contributed by atoms with van der Waals surface area (Å²) >= 11 is 0. The topological polar surface area (TPSA) is 66.4 Å². The van der Waals surface area contributed by atoms with Crippen LogP contribution in [0.15, 0.2) is 0 Å². The number of hydrogen-bond acceptors (Lipinski definition) is 3. The molecule has 0 saturated carbocycles. The molecule has 4 nitrogen and oxygen atoms in total.